The van der Waals surface area contributed by atoms with Gasteiger partial charge in [0.25, 0.3) is 0 Å². The Labute approximate surface area is 258 Å². The second-order valence-corrected chi connectivity index (χ2v) is 11.7. The molecule has 0 aromatic heterocycles. The number of allylic oxidation sites excluding steroid dienone is 10. The van der Waals surface area contributed by atoms with Crippen LogP contribution in [0.2, 0.25) is 0 Å². The fourth-order valence-corrected chi connectivity index (χ4v) is 6.97. The maximum absolute atomic E-state index is 12.7. The van der Waals surface area contributed by atoms with Crippen LogP contribution in [-0.2, 0) is 14.4 Å². The number of fused-ring (bicyclic) bond motifs is 5. The maximum Gasteiger partial charge on any atom is 0.338 e. The first-order valence-electron chi connectivity index (χ1n) is 14.7. The van der Waals surface area contributed by atoms with E-state index in [9.17, 15) is 34.8 Å². The van der Waals surface area contributed by atoms with E-state index in [1.807, 2.05) is 26.8 Å². The number of hydrogen-bond donors (Lipinski definition) is 5. The number of nitrogens with zero attached hydrogens (tertiary/aromatic N) is 3. The van der Waals surface area contributed by atoms with Gasteiger partial charge in [0.2, 0.25) is 0 Å². The summed E-state index contributed by atoms with van der Waals surface area (Å²) in [6.45, 7) is 11.3. The second kappa shape index (κ2) is 10.7. The van der Waals surface area contributed by atoms with Crippen molar-refractivity contribution in [2.45, 2.75) is 47.0 Å². The molecule has 0 spiro atoms. The van der Waals surface area contributed by atoms with E-state index in [0.29, 0.717) is 68.6 Å². The summed E-state index contributed by atoms with van der Waals surface area (Å²) in [6.07, 6.45) is 7.26. The molecule has 45 heavy (non-hydrogen) atoms. The van der Waals surface area contributed by atoms with Gasteiger partial charge in [-0.05, 0) is 61.6 Å². The van der Waals surface area contributed by atoms with Crippen LogP contribution in [0.3, 0.4) is 0 Å². The number of hydrogen-bond acceptors (Lipinski definition) is 8. The minimum absolute atomic E-state index is 0.0548. The van der Waals surface area contributed by atoms with E-state index < -0.39 is 29.7 Å². The van der Waals surface area contributed by atoms with Crippen molar-refractivity contribution in [2.75, 3.05) is 0 Å². The molecule has 5 aliphatic heterocycles. The van der Waals surface area contributed by atoms with Gasteiger partial charge < -0.3 is 25.7 Å². The number of carbonyl (C=O) groups is 3. The third-order valence-electron chi connectivity index (χ3n) is 9.28. The molecule has 6 aliphatic rings. The van der Waals surface area contributed by atoms with Crippen molar-refractivity contribution in [3.63, 3.8) is 0 Å². The van der Waals surface area contributed by atoms with Gasteiger partial charge in [0, 0.05) is 46.4 Å². The highest BCUT2D eigenvalue weighted by atomic mass is 16.4. The molecule has 0 saturated carbocycles. The van der Waals surface area contributed by atoms with E-state index in [4.69, 9.17) is 15.0 Å². The van der Waals surface area contributed by atoms with Gasteiger partial charge in [-0.2, -0.15) is 0 Å². The van der Waals surface area contributed by atoms with Crippen LogP contribution in [0.1, 0.15) is 47.0 Å². The molecule has 5 heterocycles. The lowest BCUT2D eigenvalue weighted by atomic mass is 9.84. The van der Waals surface area contributed by atoms with Crippen LogP contribution in [0.4, 0.5) is 0 Å². The summed E-state index contributed by atoms with van der Waals surface area (Å²) in [5.74, 6) is -5.80. The lowest BCUT2D eigenvalue weighted by Crippen LogP contribution is -2.23. The largest absolute Gasteiger partial charge is 0.510 e. The van der Waals surface area contributed by atoms with Gasteiger partial charge in [-0.3, -0.25) is 9.59 Å². The van der Waals surface area contributed by atoms with Gasteiger partial charge in [0.05, 0.1) is 39.8 Å². The maximum atomic E-state index is 12.7. The highest BCUT2D eigenvalue weighted by molar-refractivity contribution is 6.28. The van der Waals surface area contributed by atoms with Gasteiger partial charge in [-0.25, -0.2) is 19.8 Å². The normalized spacial score (nSPS) is 25.3. The Balaban J connectivity index is 1.69. The summed E-state index contributed by atoms with van der Waals surface area (Å²) in [7, 11) is 0. The Morgan fingerprint density at radius 3 is 2.33 bits per heavy atom. The fraction of sp³-hybridized carbons (Fsp3) is 0.294. The first-order chi connectivity index (χ1) is 21.4. The van der Waals surface area contributed by atoms with Crippen LogP contribution in [-0.4, -0.2) is 55.5 Å². The van der Waals surface area contributed by atoms with Crippen molar-refractivity contribution in [3.05, 3.63) is 104 Å². The number of aliphatic hydroxyl groups excluding tert-OH is 1. The average Bonchev–Trinajstić information content (AvgIpc) is 3.72. The number of nitrogens with one attached hydrogen (secondary N) is 1. The molecule has 1 unspecified atom stereocenters. The number of aliphatic carboxylic acids is 3. The number of carboxylic acids is 3. The molecule has 0 aromatic carbocycles. The molecule has 5 N–H and O–H groups in total. The third-order valence-corrected chi connectivity index (χ3v) is 9.28. The van der Waals surface area contributed by atoms with Gasteiger partial charge in [-0.15, -0.1) is 0 Å². The average molecular weight is 609 g/mol. The highest BCUT2D eigenvalue weighted by Crippen LogP contribution is 2.48. The van der Waals surface area contributed by atoms with Crippen molar-refractivity contribution in [3.8, 4) is 0 Å². The molecule has 0 radical (unpaired) electrons. The van der Waals surface area contributed by atoms with E-state index >= 15 is 0 Å². The number of rotatable bonds is 7. The molecule has 1 aliphatic carbocycles. The predicted molar refractivity (Wildman–Crippen MR) is 168 cm³/mol. The van der Waals surface area contributed by atoms with Crippen LogP contribution < -0.4 is 5.32 Å². The summed E-state index contributed by atoms with van der Waals surface area (Å²) < 4.78 is 0. The van der Waals surface area contributed by atoms with Crippen molar-refractivity contribution in [2.24, 2.45) is 32.7 Å². The first-order valence-corrected chi connectivity index (χ1v) is 14.7. The molecule has 0 aromatic rings. The fourth-order valence-electron chi connectivity index (χ4n) is 6.97. The van der Waals surface area contributed by atoms with Crippen molar-refractivity contribution in [1.29, 1.82) is 0 Å². The Bertz CT molecular complexity index is 1900. The monoisotopic (exact) mass is 608 g/mol. The smallest absolute Gasteiger partial charge is 0.338 e. The minimum Gasteiger partial charge on any atom is -0.510 e. The Kier molecular flexibility index (Phi) is 7.06. The molecule has 11 heteroatoms. The van der Waals surface area contributed by atoms with Gasteiger partial charge in [-0.1, -0.05) is 26.5 Å². The second-order valence-electron chi connectivity index (χ2n) is 11.7. The Morgan fingerprint density at radius 1 is 1.00 bits per heavy atom. The minimum atomic E-state index is -1.41. The summed E-state index contributed by atoms with van der Waals surface area (Å²) in [5, 5.41) is 44.9. The number of aliphatic hydroxyl groups is 1. The first kappa shape index (κ1) is 29.7. The van der Waals surface area contributed by atoms with Crippen molar-refractivity contribution < 1.29 is 34.8 Å². The Morgan fingerprint density at radius 2 is 1.71 bits per heavy atom. The zero-order chi connectivity index (χ0) is 32.5. The highest BCUT2D eigenvalue weighted by Gasteiger charge is 2.48. The SMILES string of the molecule is C=CC1=C(C)C2=NC1=CC1=NC(=CC3=C(C)C4=C(O)C(C(=O)O)C(=C5NC(=C2)[C@@H](C)[C@@H]5CCC(=O)O)C4=N3)C(CC)=C1C(=O)O. The molecule has 0 amide bonds. The lowest BCUT2D eigenvalue weighted by Gasteiger charge is -2.19. The van der Waals surface area contributed by atoms with Crippen LogP contribution in [0, 0.1) is 17.8 Å². The van der Waals surface area contributed by atoms with Crippen molar-refractivity contribution >= 4 is 35.0 Å². The van der Waals surface area contributed by atoms with E-state index in [0.717, 1.165) is 5.57 Å². The lowest BCUT2D eigenvalue weighted by molar-refractivity contribution is -0.140. The molecule has 1 fully saturated rings. The Hall–Kier alpha value is -5.32. The number of carboxylic acid groups (broad SMARTS) is 3. The van der Waals surface area contributed by atoms with E-state index in [2.05, 4.69) is 11.9 Å². The predicted octanol–water partition coefficient (Wildman–Crippen LogP) is 5.08. The van der Waals surface area contributed by atoms with Gasteiger partial charge >= 0.3 is 17.9 Å². The van der Waals surface area contributed by atoms with Crippen LogP contribution in [0.25, 0.3) is 0 Å². The third kappa shape index (κ3) is 4.49. The summed E-state index contributed by atoms with van der Waals surface area (Å²) in [4.78, 5) is 51.2. The zero-order valence-corrected chi connectivity index (χ0v) is 25.2. The summed E-state index contributed by atoms with van der Waals surface area (Å²) in [6, 6.07) is 0. The molecule has 3 atom stereocenters. The van der Waals surface area contributed by atoms with E-state index in [1.165, 1.54) is 0 Å². The molecule has 11 nitrogen and oxygen atoms in total. The summed E-state index contributed by atoms with van der Waals surface area (Å²) >= 11 is 0. The molecule has 8 bridgehead atoms. The molecule has 6 rings (SSSR count). The van der Waals surface area contributed by atoms with Crippen molar-refractivity contribution in [1.82, 2.24) is 5.32 Å². The molecule has 1 saturated heterocycles. The molecular formula is C34H32N4O7. The topological polar surface area (TPSA) is 181 Å². The summed E-state index contributed by atoms with van der Waals surface area (Å²) in [5.41, 5.74) is 6.80. The molecular weight excluding hydrogens is 576 g/mol. The van der Waals surface area contributed by atoms with Crippen LogP contribution in [0.5, 0.6) is 0 Å². The van der Waals surface area contributed by atoms with E-state index in [1.54, 1.807) is 25.2 Å². The van der Waals surface area contributed by atoms with Gasteiger partial charge in [0.15, 0.2) is 0 Å². The van der Waals surface area contributed by atoms with Crippen LogP contribution >= 0.6 is 0 Å². The van der Waals surface area contributed by atoms with Crippen LogP contribution in [0.15, 0.2) is 119 Å². The zero-order valence-electron chi connectivity index (χ0n) is 25.2. The molecule has 230 valence electrons. The number of aliphatic imine (C=N–C) groups is 3. The van der Waals surface area contributed by atoms with Gasteiger partial charge in [0.1, 0.15) is 11.7 Å². The standard InChI is InChI=1S/C34H32N4O7/c1-6-16-13(3)19-10-20-14(4)18(8-9-25(39)40)30(37-20)28-29(34(44)45)32(41)26-15(5)21(38-31(26)28)11-23-17(7-2)27(33(42)43)24(36-23)12-22(16)35-19/h6,10-12,14,18,29,37,41H,1,7-9H2,2-5H3,(H,39,40)(H,42,43)(H,44,45)/t14-,18-,29?/m0/s1. The quantitative estimate of drug-likeness (QED) is 0.265. The van der Waals surface area contributed by atoms with E-state index in [-0.39, 0.29) is 41.4 Å².